The van der Waals surface area contributed by atoms with Gasteiger partial charge in [0.1, 0.15) is 0 Å². The molecule has 4 heteroatoms. The Bertz CT molecular complexity index is 414. The molecule has 0 bridgehead atoms. The highest BCUT2D eigenvalue weighted by atomic mass is 32.2. The summed E-state index contributed by atoms with van der Waals surface area (Å²) in [7, 11) is 0. The van der Waals surface area contributed by atoms with Gasteiger partial charge in [0.05, 0.1) is 11.0 Å². The summed E-state index contributed by atoms with van der Waals surface area (Å²) in [5, 5.41) is 2.52. The van der Waals surface area contributed by atoms with E-state index in [-0.39, 0.29) is 16.9 Å². The Balaban J connectivity index is 2.51. The summed E-state index contributed by atoms with van der Waals surface area (Å²) in [6, 6.07) is 7.52. The van der Waals surface area contributed by atoms with Crippen molar-refractivity contribution < 1.29 is 9.59 Å². The highest BCUT2D eigenvalue weighted by molar-refractivity contribution is 8.01. The van der Waals surface area contributed by atoms with Crippen molar-refractivity contribution in [3.63, 3.8) is 0 Å². The van der Waals surface area contributed by atoms with E-state index < -0.39 is 0 Å². The van der Waals surface area contributed by atoms with Crippen molar-refractivity contribution in [2.75, 3.05) is 12.3 Å². The van der Waals surface area contributed by atoms with E-state index in [1.165, 1.54) is 11.8 Å². The molecular formula is C14H19NO2S. The van der Waals surface area contributed by atoms with Crippen LogP contribution in [0.15, 0.2) is 24.3 Å². The Morgan fingerprint density at radius 1 is 1.28 bits per heavy atom. The minimum atomic E-state index is -0.199. The summed E-state index contributed by atoms with van der Waals surface area (Å²) in [5.41, 5.74) is 1.84. The average molecular weight is 265 g/mol. The Kier molecular flexibility index (Phi) is 5.92. The van der Waals surface area contributed by atoms with E-state index in [0.29, 0.717) is 17.9 Å². The Hall–Kier alpha value is -1.29. The van der Waals surface area contributed by atoms with Crippen molar-refractivity contribution in [3.05, 3.63) is 35.4 Å². The summed E-state index contributed by atoms with van der Waals surface area (Å²) < 4.78 is 0. The second-order valence-electron chi connectivity index (χ2n) is 4.14. The van der Waals surface area contributed by atoms with E-state index in [9.17, 15) is 9.59 Å². The van der Waals surface area contributed by atoms with Gasteiger partial charge in [-0.1, -0.05) is 29.8 Å². The van der Waals surface area contributed by atoms with Gasteiger partial charge in [0.2, 0.25) is 5.91 Å². The number of carbonyl (C=O) groups is 2. The molecule has 1 unspecified atom stereocenters. The van der Waals surface area contributed by atoms with Crippen LogP contribution in [0.3, 0.4) is 0 Å². The first kappa shape index (κ1) is 14.8. The summed E-state index contributed by atoms with van der Waals surface area (Å²) >= 11 is 1.37. The molecular weight excluding hydrogens is 246 g/mol. The summed E-state index contributed by atoms with van der Waals surface area (Å²) in [6.07, 6.45) is 0. The summed E-state index contributed by atoms with van der Waals surface area (Å²) in [4.78, 5) is 23.4. The Morgan fingerprint density at radius 2 is 1.89 bits per heavy atom. The molecule has 0 aliphatic heterocycles. The second kappa shape index (κ2) is 7.21. The fourth-order valence-corrected chi connectivity index (χ4v) is 2.27. The molecule has 0 spiro atoms. The molecule has 0 heterocycles. The molecule has 1 rings (SSSR count). The van der Waals surface area contributed by atoms with Crippen LogP contribution >= 0.6 is 11.8 Å². The largest absolute Gasteiger partial charge is 0.356 e. The van der Waals surface area contributed by atoms with Gasteiger partial charge < -0.3 is 5.32 Å². The van der Waals surface area contributed by atoms with Gasteiger partial charge in [0.15, 0.2) is 5.78 Å². The Morgan fingerprint density at radius 3 is 2.44 bits per heavy atom. The van der Waals surface area contributed by atoms with Gasteiger partial charge in [-0.2, -0.15) is 0 Å². The van der Waals surface area contributed by atoms with Crippen LogP contribution in [0.4, 0.5) is 0 Å². The molecule has 0 aliphatic carbocycles. The lowest BCUT2D eigenvalue weighted by Gasteiger charge is -2.10. The third kappa shape index (κ3) is 4.53. The molecule has 0 saturated heterocycles. The van der Waals surface area contributed by atoms with E-state index >= 15 is 0 Å². The van der Waals surface area contributed by atoms with Crippen LogP contribution in [-0.4, -0.2) is 29.2 Å². The van der Waals surface area contributed by atoms with Gasteiger partial charge in [-0.25, -0.2) is 0 Å². The van der Waals surface area contributed by atoms with Crippen LogP contribution < -0.4 is 5.32 Å². The zero-order valence-electron chi connectivity index (χ0n) is 11.0. The maximum absolute atomic E-state index is 12.1. The topological polar surface area (TPSA) is 46.2 Å². The summed E-state index contributed by atoms with van der Waals surface area (Å²) in [5.74, 6) is 0.377. The molecule has 3 nitrogen and oxygen atoms in total. The number of nitrogens with one attached hydrogen (secondary N) is 1. The van der Waals surface area contributed by atoms with Crippen molar-refractivity contribution in [1.82, 2.24) is 5.32 Å². The number of amides is 1. The SMILES string of the molecule is CCNC(=O)CSC(C)C(=O)c1ccc(C)cc1. The predicted octanol–water partition coefficient (Wildman–Crippen LogP) is 2.44. The molecule has 0 aliphatic rings. The number of benzene rings is 1. The molecule has 98 valence electrons. The zero-order valence-corrected chi connectivity index (χ0v) is 11.8. The van der Waals surface area contributed by atoms with Crippen molar-refractivity contribution in [1.29, 1.82) is 0 Å². The summed E-state index contributed by atoms with van der Waals surface area (Å²) in [6.45, 7) is 6.33. The average Bonchev–Trinajstić information content (AvgIpc) is 2.36. The zero-order chi connectivity index (χ0) is 13.5. The van der Waals surface area contributed by atoms with Crippen LogP contribution in [0, 0.1) is 6.92 Å². The number of carbonyl (C=O) groups excluding carboxylic acids is 2. The number of hydrogen-bond donors (Lipinski definition) is 1. The number of thioether (sulfide) groups is 1. The van der Waals surface area contributed by atoms with E-state index in [1.54, 1.807) is 0 Å². The molecule has 1 aromatic carbocycles. The van der Waals surface area contributed by atoms with Crippen LogP contribution in [-0.2, 0) is 4.79 Å². The molecule has 0 radical (unpaired) electrons. The lowest BCUT2D eigenvalue weighted by Crippen LogP contribution is -2.26. The first-order chi connectivity index (χ1) is 8.54. The fraction of sp³-hybridized carbons (Fsp3) is 0.429. The van der Waals surface area contributed by atoms with E-state index in [4.69, 9.17) is 0 Å². The van der Waals surface area contributed by atoms with Gasteiger partial charge >= 0.3 is 0 Å². The predicted molar refractivity (Wildman–Crippen MR) is 76.1 cm³/mol. The molecule has 0 fully saturated rings. The van der Waals surface area contributed by atoms with Crippen molar-refractivity contribution in [2.24, 2.45) is 0 Å². The van der Waals surface area contributed by atoms with Crippen LogP contribution in [0.5, 0.6) is 0 Å². The molecule has 1 amide bonds. The minimum Gasteiger partial charge on any atom is -0.356 e. The number of aryl methyl sites for hydroxylation is 1. The highest BCUT2D eigenvalue weighted by Crippen LogP contribution is 2.16. The number of hydrogen-bond acceptors (Lipinski definition) is 3. The van der Waals surface area contributed by atoms with Crippen LogP contribution in [0.2, 0.25) is 0 Å². The normalized spacial score (nSPS) is 11.9. The third-order valence-electron chi connectivity index (χ3n) is 2.54. The monoisotopic (exact) mass is 265 g/mol. The Labute approximate surface area is 112 Å². The molecule has 1 atom stereocenters. The van der Waals surface area contributed by atoms with E-state index in [0.717, 1.165) is 5.56 Å². The van der Waals surface area contributed by atoms with E-state index in [1.807, 2.05) is 45.0 Å². The second-order valence-corrected chi connectivity index (χ2v) is 5.47. The van der Waals surface area contributed by atoms with Gasteiger partial charge in [-0.3, -0.25) is 9.59 Å². The first-order valence-electron chi connectivity index (χ1n) is 6.03. The smallest absolute Gasteiger partial charge is 0.230 e. The van der Waals surface area contributed by atoms with Crippen LogP contribution in [0.1, 0.15) is 29.8 Å². The number of rotatable bonds is 6. The number of ketones is 1. The van der Waals surface area contributed by atoms with Gasteiger partial charge in [-0.15, -0.1) is 11.8 Å². The van der Waals surface area contributed by atoms with Gasteiger partial charge in [0.25, 0.3) is 0 Å². The number of Topliss-reactive ketones (excluding diaryl/α,β-unsaturated/α-hetero) is 1. The first-order valence-corrected chi connectivity index (χ1v) is 7.08. The van der Waals surface area contributed by atoms with Crippen LogP contribution in [0.25, 0.3) is 0 Å². The molecule has 0 saturated carbocycles. The lowest BCUT2D eigenvalue weighted by atomic mass is 10.1. The highest BCUT2D eigenvalue weighted by Gasteiger charge is 2.16. The van der Waals surface area contributed by atoms with E-state index in [2.05, 4.69) is 5.32 Å². The lowest BCUT2D eigenvalue weighted by molar-refractivity contribution is -0.118. The minimum absolute atomic E-state index is 0.0222. The standard InChI is InChI=1S/C14H19NO2S/c1-4-15-13(16)9-18-11(3)14(17)12-7-5-10(2)6-8-12/h5-8,11H,4,9H2,1-3H3,(H,15,16). The van der Waals surface area contributed by atoms with Crippen molar-refractivity contribution >= 4 is 23.5 Å². The quantitative estimate of drug-likeness (QED) is 0.804. The molecule has 1 aromatic rings. The molecule has 0 aromatic heterocycles. The molecule has 1 N–H and O–H groups in total. The van der Waals surface area contributed by atoms with Crippen molar-refractivity contribution in [3.8, 4) is 0 Å². The maximum Gasteiger partial charge on any atom is 0.230 e. The fourth-order valence-electron chi connectivity index (χ4n) is 1.48. The van der Waals surface area contributed by atoms with Gasteiger partial charge in [0, 0.05) is 12.1 Å². The third-order valence-corrected chi connectivity index (χ3v) is 3.69. The van der Waals surface area contributed by atoms with Crippen molar-refractivity contribution in [2.45, 2.75) is 26.0 Å². The van der Waals surface area contributed by atoms with Gasteiger partial charge in [-0.05, 0) is 20.8 Å². The maximum atomic E-state index is 12.1. The molecule has 18 heavy (non-hydrogen) atoms.